The minimum absolute atomic E-state index is 0.0106. The van der Waals surface area contributed by atoms with Gasteiger partial charge in [-0.15, -0.1) is 0 Å². The van der Waals surface area contributed by atoms with Gasteiger partial charge in [0.2, 0.25) is 5.91 Å². The third-order valence-corrected chi connectivity index (χ3v) is 4.89. The number of amides is 1. The summed E-state index contributed by atoms with van der Waals surface area (Å²) in [7, 11) is 0. The molecular weight excluding hydrogens is 351 g/mol. The van der Waals surface area contributed by atoms with E-state index in [1.165, 1.54) is 12.8 Å². The molecule has 0 radical (unpaired) electrons. The number of halogens is 2. The van der Waals surface area contributed by atoms with Crippen molar-refractivity contribution in [1.29, 1.82) is 0 Å². The van der Waals surface area contributed by atoms with Gasteiger partial charge in [0.25, 0.3) is 0 Å². The second-order valence-electron chi connectivity index (χ2n) is 6.01. The van der Waals surface area contributed by atoms with Gasteiger partial charge in [-0.05, 0) is 43.6 Å². The Balaban J connectivity index is 2.00. The SMILES string of the molecule is O=C(O)CCC(=O)N(CCN1CCCC1)Cc1ccc(Cl)c(Cl)c1. The molecule has 1 amide bonds. The smallest absolute Gasteiger partial charge is 0.303 e. The van der Waals surface area contributed by atoms with E-state index in [2.05, 4.69) is 4.90 Å². The first-order valence-corrected chi connectivity index (χ1v) is 8.87. The first kappa shape index (κ1) is 19.0. The molecule has 0 unspecified atom stereocenters. The standard InChI is InChI=1S/C17H22Cl2N2O3/c18-14-4-3-13(11-15(14)19)12-21(16(22)5-6-17(23)24)10-9-20-7-1-2-8-20/h3-4,11H,1-2,5-10,12H2,(H,23,24). The Morgan fingerprint density at radius 1 is 1.12 bits per heavy atom. The fraction of sp³-hybridized carbons (Fsp3) is 0.529. The number of carboxylic acid groups (broad SMARTS) is 1. The van der Waals surface area contributed by atoms with Crippen molar-refractivity contribution in [3.05, 3.63) is 33.8 Å². The Morgan fingerprint density at radius 3 is 2.46 bits per heavy atom. The Morgan fingerprint density at radius 2 is 1.83 bits per heavy atom. The van der Waals surface area contributed by atoms with Crippen molar-refractivity contribution >= 4 is 35.1 Å². The van der Waals surface area contributed by atoms with Crippen LogP contribution in [0.1, 0.15) is 31.2 Å². The minimum Gasteiger partial charge on any atom is -0.481 e. The topological polar surface area (TPSA) is 60.9 Å². The summed E-state index contributed by atoms with van der Waals surface area (Å²) in [6.07, 6.45) is 2.25. The number of likely N-dealkylation sites (tertiary alicyclic amines) is 1. The normalized spacial score (nSPS) is 14.8. The molecule has 0 spiro atoms. The summed E-state index contributed by atoms with van der Waals surface area (Å²) < 4.78 is 0. The Labute approximate surface area is 152 Å². The number of rotatable bonds is 8. The van der Waals surface area contributed by atoms with E-state index in [0.717, 1.165) is 25.2 Å². The van der Waals surface area contributed by atoms with Crippen molar-refractivity contribution in [2.24, 2.45) is 0 Å². The lowest BCUT2D eigenvalue weighted by Crippen LogP contribution is -2.37. The molecule has 5 nitrogen and oxygen atoms in total. The highest BCUT2D eigenvalue weighted by molar-refractivity contribution is 6.42. The van der Waals surface area contributed by atoms with Crippen LogP contribution in [0.5, 0.6) is 0 Å². The summed E-state index contributed by atoms with van der Waals surface area (Å²) in [5.41, 5.74) is 0.884. The van der Waals surface area contributed by atoms with Gasteiger partial charge >= 0.3 is 5.97 Å². The van der Waals surface area contributed by atoms with Gasteiger partial charge < -0.3 is 14.9 Å². The number of carbonyl (C=O) groups excluding carboxylic acids is 1. The lowest BCUT2D eigenvalue weighted by atomic mass is 10.2. The molecule has 0 aromatic heterocycles. The second-order valence-corrected chi connectivity index (χ2v) is 6.82. The molecule has 2 rings (SSSR count). The summed E-state index contributed by atoms with van der Waals surface area (Å²) >= 11 is 12.0. The molecule has 7 heteroatoms. The van der Waals surface area contributed by atoms with E-state index in [1.807, 2.05) is 6.07 Å². The van der Waals surface area contributed by atoms with Crippen LogP contribution in [0.15, 0.2) is 18.2 Å². The van der Waals surface area contributed by atoms with E-state index >= 15 is 0 Å². The second kappa shape index (κ2) is 9.25. The molecule has 1 aliphatic rings. The van der Waals surface area contributed by atoms with Crippen LogP contribution >= 0.6 is 23.2 Å². The summed E-state index contributed by atoms with van der Waals surface area (Å²) in [5, 5.41) is 9.72. The van der Waals surface area contributed by atoms with Crippen molar-refractivity contribution in [1.82, 2.24) is 9.80 Å². The largest absolute Gasteiger partial charge is 0.481 e. The molecule has 0 bridgehead atoms. The van der Waals surface area contributed by atoms with Crippen LogP contribution in [0.2, 0.25) is 10.0 Å². The van der Waals surface area contributed by atoms with E-state index in [0.29, 0.717) is 23.1 Å². The van der Waals surface area contributed by atoms with Crippen LogP contribution in [0.3, 0.4) is 0 Å². The van der Waals surface area contributed by atoms with E-state index < -0.39 is 5.97 Å². The Bertz CT molecular complexity index is 589. The number of carbonyl (C=O) groups is 2. The maximum Gasteiger partial charge on any atom is 0.303 e. The van der Waals surface area contributed by atoms with Gasteiger partial charge in [-0.2, -0.15) is 0 Å². The highest BCUT2D eigenvalue weighted by Crippen LogP contribution is 2.23. The zero-order valence-electron chi connectivity index (χ0n) is 13.5. The number of hydrogen-bond acceptors (Lipinski definition) is 3. The molecule has 0 saturated carbocycles. The van der Waals surface area contributed by atoms with Crippen LogP contribution in [-0.2, 0) is 16.1 Å². The third kappa shape index (κ3) is 5.96. The summed E-state index contributed by atoms with van der Waals surface area (Å²) in [5.74, 6) is -1.11. The lowest BCUT2D eigenvalue weighted by Gasteiger charge is -2.25. The Hall–Kier alpha value is -1.30. The van der Waals surface area contributed by atoms with E-state index in [4.69, 9.17) is 28.3 Å². The van der Waals surface area contributed by atoms with Gasteiger partial charge in [0.1, 0.15) is 0 Å². The molecule has 1 saturated heterocycles. The predicted octanol–water partition coefficient (Wildman–Crippen LogP) is 3.28. The molecule has 0 aliphatic carbocycles. The highest BCUT2D eigenvalue weighted by Gasteiger charge is 2.18. The maximum atomic E-state index is 12.4. The van der Waals surface area contributed by atoms with Crippen LogP contribution in [0.25, 0.3) is 0 Å². The van der Waals surface area contributed by atoms with Gasteiger partial charge in [0.15, 0.2) is 0 Å². The van der Waals surface area contributed by atoms with Crippen molar-refractivity contribution in [3.8, 4) is 0 Å². The number of benzene rings is 1. The van der Waals surface area contributed by atoms with Crippen LogP contribution in [-0.4, -0.2) is 53.0 Å². The van der Waals surface area contributed by atoms with Gasteiger partial charge in [0, 0.05) is 26.1 Å². The van der Waals surface area contributed by atoms with Crippen LogP contribution < -0.4 is 0 Å². The molecule has 1 aromatic rings. The fourth-order valence-corrected chi connectivity index (χ4v) is 3.11. The quantitative estimate of drug-likeness (QED) is 0.760. The maximum absolute atomic E-state index is 12.4. The summed E-state index contributed by atoms with van der Waals surface area (Å²) in [6.45, 7) is 3.91. The molecule has 1 aliphatic heterocycles. The average molecular weight is 373 g/mol. The van der Waals surface area contributed by atoms with Gasteiger partial charge in [-0.25, -0.2) is 0 Å². The Kier molecular flexibility index (Phi) is 7.34. The van der Waals surface area contributed by atoms with Crippen LogP contribution in [0.4, 0.5) is 0 Å². The zero-order valence-corrected chi connectivity index (χ0v) is 15.0. The van der Waals surface area contributed by atoms with Gasteiger partial charge in [-0.1, -0.05) is 29.3 Å². The van der Waals surface area contributed by atoms with Crippen molar-refractivity contribution in [2.45, 2.75) is 32.2 Å². The van der Waals surface area contributed by atoms with Crippen molar-refractivity contribution < 1.29 is 14.7 Å². The zero-order chi connectivity index (χ0) is 17.5. The fourth-order valence-electron chi connectivity index (χ4n) is 2.79. The predicted molar refractivity (Wildman–Crippen MR) is 94.4 cm³/mol. The van der Waals surface area contributed by atoms with E-state index in [-0.39, 0.29) is 18.7 Å². The molecule has 1 heterocycles. The summed E-state index contributed by atoms with van der Waals surface area (Å²) in [6, 6.07) is 5.29. The molecule has 132 valence electrons. The molecular formula is C17H22Cl2N2O3. The van der Waals surface area contributed by atoms with Crippen molar-refractivity contribution in [3.63, 3.8) is 0 Å². The molecule has 0 atom stereocenters. The van der Waals surface area contributed by atoms with E-state index in [1.54, 1.807) is 17.0 Å². The van der Waals surface area contributed by atoms with Crippen molar-refractivity contribution in [2.75, 3.05) is 26.2 Å². The first-order chi connectivity index (χ1) is 11.5. The van der Waals surface area contributed by atoms with Gasteiger partial charge in [-0.3, -0.25) is 9.59 Å². The number of aliphatic carboxylic acids is 1. The monoisotopic (exact) mass is 372 g/mol. The van der Waals surface area contributed by atoms with Gasteiger partial charge in [0.05, 0.1) is 16.5 Å². The highest BCUT2D eigenvalue weighted by atomic mass is 35.5. The number of nitrogens with zero attached hydrogens (tertiary/aromatic N) is 2. The molecule has 1 N–H and O–H groups in total. The molecule has 1 aromatic carbocycles. The molecule has 1 fully saturated rings. The average Bonchev–Trinajstić information content (AvgIpc) is 3.05. The van der Waals surface area contributed by atoms with E-state index in [9.17, 15) is 9.59 Å². The first-order valence-electron chi connectivity index (χ1n) is 8.11. The molecule has 24 heavy (non-hydrogen) atoms. The number of hydrogen-bond donors (Lipinski definition) is 1. The minimum atomic E-state index is -0.961. The third-order valence-electron chi connectivity index (χ3n) is 4.15. The summed E-state index contributed by atoms with van der Waals surface area (Å²) in [4.78, 5) is 27.2. The lowest BCUT2D eigenvalue weighted by molar-refractivity contribution is -0.141. The number of carboxylic acids is 1. The van der Waals surface area contributed by atoms with Crippen LogP contribution in [0, 0.1) is 0 Å².